The lowest BCUT2D eigenvalue weighted by Crippen LogP contribution is -2.29. The first kappa shape index (κ1) is 24.3. The summed E-state index contributed by atoms with van der Waals surface area (Å²) in [6, 6.07) is 19.7. The SMILES string of the molecule is C/C(C/C(CCC(=O)O[Si](C)(C)C)=N\OCc1ccccc1)=N\OCc1ccccc1. The number of nitrogens with zero attached hydrogens (tertiary/aromatic N) is 2. The largest absolute Gasteiger partial charge is 0.520 e. The Balaban J connectivity index is 1.93. The van der Waals surface area contributed by atoms with Gasteiger partial charge >= 0.3 is 0 Å². The van der Waals surface area contributed by atoms with Crippen LogP contribution in [0.5, 0.6) is 0 Å². The molecule has 0 aliphatic heterocycles. The molecule has 7 heteroatoms. The van der Waals surface area contributed by atoms with Crippen molar-refractivity contribution in [3.05, 3.63) is 71.8 Å². The second kappa shape index (κ2) is 12.7. The van der Waals surface area contributed by atoms with Crippen LogP contribution in [0.25, 0.3) is 0 Å². The van der Waals surface area contributed by atoms with Gasteiger partial charge in [-0.3, -0.25) is 4.79 Å². The van der Waals surface area contributed by atoms with Crippen molar-refractivity contribution in [2.45, 2.75) is 59.0 Å². The second-order valence-corrected chi connectivity index (χ2v) is 12.7. The molecule has 0 bridgehead atoms. The molecule has 2 aromatic rings. The van der Waals surface area contributed by atoms with Gasteiger partial charge in [-0.2, -0.15) is 0 Å². The Morgan fingerprint density at radius 2 is 1.32 bits per heavy atom. The van der Waals surface area contributed by atoms with E-state index in [1.54, 1.807) is 0 Å². The van der Waals surface area contributed by atoms with E-state index in [1.165, 1.54) is 0 Å². The molecule has 166 valence electrons. The Kier molecular flexibility index (Phi) is 9.96. The Morgan fingerprint density at radius 3 is 1.84 bits per heavy atom. The minimum Gasteiger partial charge on any atom is -0.520 e. The maximum Gasteiger partial charge on any atom is 0.292 e. The number of rotatable bonds is 12. The molecule has 0 aliphatic rings. The van der Waals surface area contributed by atoms with E-state index in [0.717, 1.165) is 22.6 Å². The Hall–Kier alpha value is -2.93. The molecular weight excluding hydrogens is 408 g/mol. The maximum absolute atomic E-state index is 12.1. The molecule has 0 heterocycles. The molecule has 0 spiro atoms. The van der Waals surface area contributed by atoms with Crippen LogP contribution < -0.4 is 0 Å². The summed E-state index contributed by atoms with van der Waals surface area (Å²) < 4.78 is 5.53. The van der Waals surface area contributed by atoms with E-state index in [2.05, 4.69) is 10.3 Å². The third kappa shape index (κ3) is 11.1. The van der Waals surface area contributed by atoms with Crippen molar-refractivity contribution < 1.29 is 18.9 Å². The molecule has 0 radical (unpaired) electrons. The minimum atomic E-state index is -1.91. The van der Waals surface area contributed by atoms with E-state index in [0.29, 0.717) is 26.1 Å². The van der Waals surface area contributed by atoms with Crippen molar-refractivity contribution >= 4 is 25.7 Å². The van der Waals surface area contributed by atoms with Crippen molar-refractivity contribution in [1.82, 2.24) is 0 Å². The fourth-order valence-electron chi connectivity index (χ4n) is 2.70. The third-order valence-corrected chi connectivity index (χ3v) is 4.90. The molecular formula is C24H32N2O4Si. The zero-order valence-corrected chi connectivity index (χ0v) is 19.8. The first-order valence-electron chi connectivity index (χ1n) is 10.4. The van der Waals surface area contributed by atoms with Gasteiger partial charge in [0.15, 0.2) is 0 Å². The third-order valence-electron chi connectivity index (χ3n) is 4.06. The summed E-state index contributed by atoms with van der Waals surface area (Å²) in [7, 11) is -1.91. The lowest BCUT2D eigenvalue weighted by Gasteiger charge is -2.17. The van der Waals surface area contributed by atoms with Crippen LogP contribution in [0.2, 0.25) is 19.6 Å². The van der Waals surface area contributed by atoms with Gasteiger partial charge in [-0.05, 0) is 44.1 Å². The van der Waals surface area contributed by atoms with Crippen LogP contribution in [-0.4, -0.2) is 25.7 Å². The van der Waals surface area contributed by atoms with E-state index in [4.69, 9.17) is 14.1 Å². The number of hydrogen-bond acceptors (Lipinski definition) is 6. The van der Waals surface area contributed by atoms with E-state index in [9.17, 15) is 4.79 Å². The lowest BCUT2D eigenvalue weighted by atomic mass is 10.1. The van der Waals surface area contributed by atoms with E-state index in [-0.39, 0.29) is 12.4 Å². The molecule has 0 fully saturated rings. The average Bonchev–Trinajstić information content (AvgIpc) is 2.72. The molecule has 2 aromatic carbocycles. The smallest absolute Gasteiger partial charge is 0.292 e. The molecule has 0 saturated carbocycles. The molecule has 0 N–H and O–H groups in total. The average molecular weight is 441 g/mol. The van der Waals surface area contributed by atoms with Crippen molar-refractivity contribution in [3.63, 3.8) is 0 Å². The molecule has 0 amide bonds. The van der Waals surface area contributed by atoms with Crippen LogP contribution in [0.1, 0.15) is 37.3 Å². The van der Waals surface area contributed by atoms with Gasteiger partial charge in [0.05, 0.1) is 11.4 Å². The highest BCUT2D eigenvalue weighted by Gasteiger charge is 2.20. The standard InChI is InChI=1S/C24H32N2O4Si/c1-20(25-28-18-21-11-7-5-8-12-21)17-23(15-16-24(27)30-31(2,3)4)26-29-19-22-13-9-6-10-14-22/h5-14H,15-19H2,1-4H3/b25-20+,26-23-. The summed E-state index contributed by atoms with van der Waals surface area (Å²) in [5.74, 6) is -0.204. The van der Waals surface area contributed by atoms with E-state index >= 15 is 0 Å². The van der Waals surface area contributed by atoms with Gasteiger partial charge in [0.25, 0.3) is 5.97 Å². The molecule has 0 atom stereocenters. The highest BCUT2D eigenvalue weighted by molar-refractivity contribution is 6.71. The monoisotopic (exact) mass is 440 g/mol. The van der Waals surface area contributed by atoms with Crippen LogP contribution in [0.3, 0.4) is 0 Å². The maximum atomic E-state index is 12.1. The Bertz CT molecular complexity index is 862. The molecule has 0 aliphatic carbocycles. The van der Waals surface area contributed by atoms with Gasteiger partial charge in [0, 0.05) is 12.8 Å². The van der Waals surface area contributed by atoms with Crippen LogP contribution in [0.4, 0.5) is 0 Å². The Labute approximate surface area is 186 Å². The van der Waals surface area contributed by atoms with Crippen LogP contribution in [-0.2, 0) is 32.1 Å². The van der Waals surface area contributed by atoms with Gasteiger partial charge in [0.1, 0.15) is 13.2 Å². The number of hydrogen-bond donors (Lipinski definition) is 0. The number of carbonyl (C=O) groups excluding carboxylic acids is 1. The summed E-state index contributed by atoms with van der Waals surface area (Å²) >= 11 is 0. The minimum absolute atomic E-state index is 0.204. The second-order valence-electron chi connectivity index (χ2n) is 8.27. The zero-order valence-electron chi connectivity index (χ0n) is 18.8. The van der Waals surface area contributed by atoms with Crippen LogP contribution in [0.15, 0.2) is 71.0 Å². The summed E-state index contributed by atoms with van der Waals surface area (Å²) in [5, 5.41) is 8.46. The molecule has 2 rings (SSSR count). The number of carbonyl (C=O) groups is 1. The van der Waals surface area contributed by atoms with Crippen LogP contribution >= 0.6 is 0 Å². The first-order valence-corrected chi connectivity index (χ1v) is 13.9. The summed E-state index contributed by atoms with van der Waals surface area (Å²) in [6.07, 6.45) is 1.17. The first-order chi connectivity index (χ1) is 14.8. The highest BCUT2D eigenvalue weighted by atomic mass is 28.4. The van der Waals surface area contributed by atoms with Gasteiger partial charge < -0.3 is 14.1 Å². The zero-order chi connectivity index (χ0) is 22.5. The van der Waals surface area contributed by atoms with E-state index < -0.39 is 8.32 Å². The summed E-state index contributed by atoms with van der Waals surface area (Å²) in [4.78, 5) is 23.1. The van der Waals surface area contributed by atoms with Gasteiger partial charge in [-0.1, -0.05) is 71.0 Å². The number of benzene rings is 2. The predicted molar refractivity (Wildman–Crippen MR) is 126 cm³/mol. The number of oxime groups is 2. The van der Waals surface area contributed by atoms with Crippen molar-refractivity contribution in [1.29, 1.82) is 0 Å². The molecule has 31 heavy (non-hydrogen) atoms. The highest BCUT2D eigenvalue weighted by Crippen LogP contribution is 2.10. The molecule has 0 aromatic heterocycles. The molecule has 0 unspecified atom stereocenters. The fourth-order valence-corrected chi connectivity index (χ4v) is 3.48. The van der Waals surface area contributed by atoms with Crippen molar-refractivity contribution in [2.75, 3.05) is 0 Å². The van der Waals surface area contributed by atoms with Gasteiger partial charge in [0.2, 0.25) is 8.32 Å². The fraction of sp³-hybridized carbons (Fsp3) is 0.375. The quantitative estimate of drug-likeness (QED) is 0.241. The normalized spacial score (nSPS) is 12.4. The van der Waals surface area contributed by atoms with Gasteiger partial charge in [-0.25, -0.2) is 0 Å². The van der Waals surface area contributed by atoms with Gasteiger partial charge in [-0.15, -0.1) is 0 Å². The van der Waals surface area contributed by atoms with E-state index in [1.807, 2.05) is 87.2 Å². The lowest BCUT2D eigenvalue weighted by molar-refractivity contribution is -0.134. The van der Waals surface area contributed by atoms with Crippen molar-refractivity contribution in [3.8, 4) is 0 Å². The van der Waals surface area contributed by atoms with Crippen LogP contribution in [0, 0.1) is 0 Å². The topological polar surface area (TPSA) is 69.5 Å². The summed E-state index contributed by atoms with van der Waals surface area (Å²) in [6.45, 7) is 8.61. The predicted octanol–water partition coefficient (Wildman–Crippen LogP) is 5.70. The Morgan fingerprint density at radius 1 is 0.806 bits per heavy atom. The van der Waals surface area contributed by atoms with Crippen molar-refractivity contribution in [2.24, 2.45) is 10.3 Å². The molecule has 0 saturated heterocycles. The molecule has 6 nitrogen and oxygen atoms in total. The summed E-state index contributed by atoms with van der Waals surface area (Å²) in [5.41, 5.74) is 3.57.